The fourth-order valence-electron chi connectivity index (χ4n) is 2.32. The standard InChI is InChI=1S/C22H18ClNO3/c23-18-6-1-17(2-7-18)15-27-21-12-8-19(9-13-21)24-22(26)14-5-16-3-10-20(25)11-4-16/h1-14,25H,15H2,(H,24,26)/b14-5+. The van der Waals surface area contributed by atoms with Crippen molar-refractivity contribution in [2.24, 2.45) is 0 Å². The van der Waals surface area contributed by atoms with Crippen LogP contribution in [0.5, 0.6) is 11.5 Å². The second kappa shape index (κ2) is 8.92. The molecule has 0 aliphatic carbocycles. The maximum atomic E-state index is 12.0. The number of carbonyl (C=O) groups is 1. The van der Waals surface area contributed by atoms with Crippen LogP contribution in [-0.4, -0.2) is 11.0 Å². The monoisotopic (exact) mass is 379 g/mol. The van der Waals surface area contributed by atoms with Crippen LogP contribution in [0.25, 0.3) is 6.08 Å². The highest BCUT2D eigenvalue weighted by atomic mass is 35.5. The van der Waals surface area contributed by atoms with Crippen molar-refractivity contribution in [3.8, 4) is 11.5 Å². The summed E-state index contributed by atoms with van der Waals surface area (Å²) in [4.78, 5) is 12.0. The summed E-state index contributed by atoms with van der Waals surface area (Å²) in [6.45, 7) is 0.443. The lowest BCUT2D eigenvalue weighted by Crippen LogP contribution is -2.07. The van der Waals surface area contributed by atoms with Crippen molar-refractivity contribution in [1.29, 1.82) is 0 Å². The summed E-state index contributed by atoms with van der Waals surface area (Å²) in [5.74, 6) is 0.662. The van der Waals surface area contributed by atoms with Crippen LogP contribution in [0.1, 0.15) is 11.1 Å². The first-order valence-corrected chi connectivity index (χ1v) is 8.72. The highest BCUT2D eigenvalue weighted by Gasteiger charge is 2.00. The van der Waals surface area contributed by atoms with Crippen LogP contribution >= 0.6 is 11.6 Å². The topological polar surface area (TPSA) is 58.6 Å². The van der Waals surface area contributed by atoms with Crippen LogP contribution in [0.15, 0.2) is 78.9 Å². The minimum atomic E-state index is -0.238. The smallest absolute Gasteiger partial charge is 0.248 e. The van der Waals surface area contributed by atoms with Gasteiger partial charge < -0.3 is 15.2 Å². The molecule has 0 spiro atoms. The summed E-state index contributed by atoms with van der Waals surface area (Å²) in [6.07, 6.45) is 3.12. The van der Waals surface area contributed by atoms with Gasteiger partial charge in [-0.15, -0.1) is 0 Å². The Morgan fingerprint density at radius 1 is 0.963 bits per heavy atom. The van der Waals surface area contributed by atoms with E-state index in [0.717, 1.165) is 11.1 Å². The Bertz CT molecular complexity index is 917. The van der Waals surface area contributed by atoms with Crippen molar-refractivity contribution < 1.29 is 14.6 Å². The molecule has 0 aromatic heterocycles. The number of hydrogen-bond acceptors (Lipinski definition) is 3. The molecule has 0 unspecified atom stereocenters. The third-order valence-corrected chi connectivity index (χ3v) is 4.01. The summed E-state index contributed by atoms with van der Waals surface area (Å²) in [6, 6.07) is 21.2. The van der Waals surface area contributed by atoms with E-state index in [1.54, 1.807) is 54.6 Å². The Balaban J connectivity index is 1.51. The van der Waals surface area contributed by atoms with E-state index in [1.807, 2.05) is 24.3 Å². The Labute approximate surface area is 162 Å². The molecule has 0 heterocycles. The molecule has 3 rings (SSSR count). The van der Waals surface area contributed by atoms with Crippen LogP contribution in [0.3, 0.4) is 0 Å². The SMILES string of the molecule is O=C(/C=C/c1ccc(O)cc1)Nc1ccc(OCc2ccc(Cl)cc2)cc1. The zero-order valence-electron chi connectivity index (χ0n) is 14.4. The molecule has 3 aromatic rings. The number of aromatic hydroxyl groups is 1. The molecule has 0 saturated carbocycles. The number of rotatable bonds is 6. The molecular weight excluding hydrogens is 362 g/mol. The summed E-state index contributed by atoms with van der Waals surface area (Å²) >= 11 is 5.86. The van der Waals surface area contributed by atoms with E-state index in [0.29, 0.717) is 23.1 Å². The molecule has 0 saturated heterocycles. The third-order valence-electron chi connectivity index (χ3n) is 3.76. The molecule has 0 aliphatic heterocycles. The van der Waals surface area contributed by atoms with Crippen molar-refractivity contribution in [3.63, 3.8) is 0 Å². The molecule has 0 aliphatic rings. The van der Waals surface area contributed by atoms with E-state index in [-0.39, 0.29) is 11.7 Å². The fourth-order valence-corrected chi connectivity index (χ4v) is 2.45. The minimum absolute atomic E-state index is 0.190. The average molecular weight is 380 g/mol. The number of halogens is 1. The largest absolute Gasteiger partial charge is 0.508 e. The van der Waals surface area contributed by atoms with Gasteiger partial charge in [-0.2, -0.15) is 0 Å². The lowest BCUT2D eigenvalue weighted by atomic mass is 10.2. The minimum Gasteiger partial charge on any atom is -0.508 e. The first-order chi connectivity index (χ1) is 13.1. The molecule has 0 bridgehead atoms. The van der Waals surface area contributed by atoms with Crippen LogP contribution in [0.2, 0.25) is 5.02 Å². The highest BCUT2D eigenvalue weighted by Crippen LogP contribution is 2.18. The van der Waals surface area contributed by atoms with Gasteiger partial charge in [0.05, 0.1) is 0 Å². The molecule has 27 heavy (non-hydrogen) atoms. The molecule has 0 atom stereocenters. The highest BCUT2D eigenvalue weighted by molar-refractivity contribution is 6.30. The van der Waals surface area contributed by atoms with Crippen molar-refractivity contribution >= 4 is 29.3 Å². The molecule has 2 N–H and O–H groups in total. The van der Waals surface area contributed by atoms with Crippen LogP contribution in [-0.2, 0) is 11.4 Å². The molecule has 5 heteroatoms. The molecule has 0 fully saturated rings. The van der Waals surface area contributed by atoms with Gasteiger partial charge in [0.15, 0.2) is 0 Å². The number of nitrogens with one attached hydrogen (secondary N) is 1. The van der Waals surface area contributed by atoms with Gasteiger partial charge in [0.2, 0.25) is 5.91 Å². The number of phenolic OH excluding ortho intramolecular Hbond substituents is 1. The van der Waals surface area contributed by atoms with Gasteiger partial charge >= 0.3 is 0 Å². The fraction of sp³-hybridized carbons (Fsp3) is 0.0455. The van der Waals surface area contributed by atoms with Gasteiger partial charge in [-0.05, 0) is 65.7 Å². The summed E-state index contributed by atoms with van der Waals surface area (Å²) < 4.78 is 5.72. The van der Waals surface area contributed by atoms with Crippen molar-refractivity contribution in [3.05, 3.63) is 95.0 Å². The number of benzene rings is 3. The number of phenols is 1. The van der Waals surface area contributed by atoms with E-state index in [2.05, 4.69) is 5.32 Å². The van der Waals surface area contributed by atoms with Gasteiger partial charge in [0.25, 0.3) is 0 Å². The van der Waals surface area contributed by atoms with Crippen LogP contribution in [0, 0.1) is 0 Å². The number of ether oxygens (including phenoxy) is 1. The average Bonchev–Trinajstić information content (AvgIpc) is 2.68. The van der Waals surface area contributed by atoms with Gasteiger partial charge in [-0.25, -0.2) is 0 Å². The maximum absolute atomic E-state index is 12.0. The molecule has 3 aromatic carbocycles. The zero-order chi connectivity index (χ0) is 19.1. The summed E-state index contributed by atoms with van der Waals surface area (Å²) in [5, 5.41) is 12.7. The van der Waals surface area contributed by atoms with E-state index >= 15 is 0 Å². The second-order valence-corrected chi connectivity index (χ2v) is 6.29. The molecule has 136 valence electrons. The predicted octanol–water partition coefficient (Wildman–Crippen LogP) is 5.28. The van der Waals surface area contributed by atoms with Crippen LogP contribution < -0.4 is 10.1 Å². The van der Waals surface area contributed by atoms with Gasteiger partial charge in [0.1, 0.15) is 18.1 Å². The second-order valence-electron chi connectivity index (χ2n) is 5.85. The van der Waals surface area contributed by atoms with E-state index < -0.39 is 0 Å². The lowest BCUT2D eigenvalue weighted by Gasteiger charge is -2.08. The van der Waals surface area contributed by atoms with Gasteiger partial charge in [-0.1, -0.05) is 35.9 Å². The van der Waals surface area contributed by atoms with E-state index in [1.165, 1.54) is 6.08 Å². The molecule has 0 radical (unpaired) electrons. The van der Waals surface area contributed by atoms with Gasteiger partial charge in [-0.3, -0.25) is 4.79 Å². The Morgan fingerprint density at radius 2 is 1.63 bits per heavy atom. The van der Waals surface area contributed by atoms with Crippen molar-refractivity contribution in [2.45, 2.75) is 6.61 Å². The Hall–Kier alpha value is -3.24. The quantitative estimate of drug-likeness (QED) is 0.573. The Kier molecular flexibility index (Phi) is 6.13. The molecular formula is C22H18ClNO3. The van der Waals surface area contributed by atoms with E-state index in [9.17, 15) is 9.90 Å². The van der Waals surface area contributed by atoms with Gasteiger partial charge in [0, 0.05) is 16.8 Å². The summed E-state index contributed by atoms with van der Waals surface area (Å²) in [5.41, 5.74) is 2.53. The van der Waals surface area contributed by atoms with E-state index in [4.69, 9.17) is 16.3 Å². The number of carbonyl (C=O) groups excluding carboxylic acids is 1. The number of anilines is 1. The maximum Gasteiger partial charge on any atom is 0.248 e. The normalized spacial score (nSPS) is 10.7. The third kappa shape index (κ3) is 5.90. The summed E-state index contributed by atoms with van der Waals surface area (Å²) in [7, 11) is 0. The predicted molar refractivity (Wildman–Crippen MR) is 108 cm³/mol. The molecule has 4 nitrogen and oxygen atoms in total. The molecule has 1 amide bonds. The number of hydrogen-bond donors (Lipinski definition) is 2. The van der Waals surface area contributed by atoms with Crippen molar-refractivity contribution in [1.82, 2.24) is 0 Å². The van der Waals surface area contributed by atoms with Crippen molar-refractivity contribution in [2.75, 3.05) is 5.32 Å². The number of amides is 1. The first-order valence-electron chi connectivity index (χ1n) is 8.34. The first kappa shape index (κ1) is 18.5. The lowest BCUT2D eigenvalue weighted by molar-refractivity contribution is -0.111. The Morgan fingerprint density at radius 3 is 2.30 bits per heavy atom. The van der Waals surface area contributed by atoms with Crippen LogP contribution in [0.4, 0.5) is 5.69 Å². The zero-order valence-corrected chi connectivity index (χ0v) is 15.2.